The van der Waals surface area contributed by atoms with Crippen LogP contribution in [0.15, 0.2) is 23.2 Å². The van der Waals surface area contributed by atoms with Crippen LogP contribution in [0.2, 0.25) is 0 Å². The van der Waals surface area contributed by atoms with E-state index in [1.54, 1.807) is 18.2 Å². The van der Waals surface area contributed by atoms with Crippen molar-refractivity contribution in [2.75, 3.05) is 6.61 Å². The molecule has 0 radical (unpaired) electrons. The summed E-state index contributed by atoms with van der Waals surface area (Å²) >= 11 is 0. The van der Waals surface area contributed by atoms with Crippen molar-refractivity contribution in [1.82, 2.24) is 0 Å². The molecule has 0 saturated heterocycles. The number of aliphatic imine (C=N–C) groups is 1. The average Bonchev–Trinajstić information content (AvgIpc) is 2.19. The summed E-state index contributed by atoms with van der Waals surface area (Å²) in [5.74, 6) is 0.832. The Labute approximate surface area is 80.8 Å². The van der Waals surface area contributed by atoms with E-state index in [2.05, 4.69) is 4.99 Å². The van der Waals surface area contributed by atoms with Crippen LogP contribution in [-0.2, 0) is 4.79 Å². The first-order chi connectivity index (χ1) is 6.81. The predicted molar refractivity (Wildman–Crippen MR) is 49.1 cm³/mol. The van der Waals surface area contributed by atoms with E-state index in [0.717, 1.165) is 5.56 Å². The number of phenols is 1. The quantitative estimate of drug-likeness (QED) is 0.541. The highest BCUT2D eigenvalue weighted by molar-refractivity contribution is 5.45. The van der Waals surface area contributed by atoms with Crippen molar-refractivity contribution in [2.24, 2.45) is 4.99 Å². The smallest absolute Gasteiger partial charge is 0.235 e. The maximum atomic E-state index is 10.2. The van der Waals surface area contributed by atoms with Gasteiger partial charge >= 0.3 is 0 Å². The van der Waals surface area contributed by atoms with Crippen LogP contribution in [0.4, 0.5) is 0 Å². The molecular formula is C10H9NO3. The molecule has 1 heterocycles. The van der Waals surface area contributed by atoms with Gasteiger partial charge in [-0.1, -0.05) is 0 Å². The zero-order chi connectivity index (χ0) is 9.97. The fourth-order valence-electron chi connectivity index (χ4n) is 1.56. The second-order valence-corrected chi connectivity index (χ2v) is 3.10. The molecular weight excluding hydrogens is 182 g/mol. The highest BCUT2D eigenvalue weighted by atomic mass is 16.5. The Balaban J connectivity index is 2.46. The van der Waals surface area contributed by atoms with Gasteiger partial charge < -0.3 is 9.84 Å². The van der Waals surface area contributed by atoms with E-state index in [0.29, 0.717) is 18.8 Å². The van der Waals surface area contributed by atoms with Gasteiger partial charge in [-0.2, -0.15) is 4.99 Å². The number of phenolic OH excluding ortho intramolecular Hbond substituents is 1. The van der Waals surface area contributed by atoms with Crippen molar-refractivity contribution in [2.45, 2.75) is 12.5 Å². The molecule has 1 aromatic rings. The second-order valence-electron chi connectivity index (χ2n) is 3.10. The van der Waals surface area contributed by atoms with E-state index in [1.165, 1.54) is 6.08 Å². The summed E-state index contributed by atoms with van der Waals surface area (Å²) in [5, 5.41) is 9.28. The lowest BCUT2D eigenvalue weighted by molar-refractivity contribution is 0.268. The van der Waals surface area contributed by atoms with E-state index in [1.807, 2.05) is 0 Å². The average molecular weight is 191 g/mol. The SMILES string of the molecule is O=C=NC1CCOc2ccc(O)cc21. The van der Waals surface area contributed by atoms with E-state index >= 15 is 0 Å². The summed E-state index contributed by atoms with van der Waals surface area (Å²) in [6, 6.07) is 4.56. The monoisotopic (exact) mass is 191 g/mol. The van der Waals surface area contributed by atoms with Crippen LogP contribution in [0.3, 0.4) is 0 Å². The molecule has 1 unspecified atom stereocenters. The van der Waals surface area contributed by atoms with Crippen molar-refractivity contribution in [1.29, 1.82) is 0 Å². The van der Waals surface area contributed by atoms with Gasteiger partial charge in [-0.15, -0.1) is 0 Å². The van der Waals surface area contributed by atoms with Gasteiger partial charge in [0.2, 0.25) is 6.08 Å². The van der Waals surface area contributed by atoms with Gasteiger partial charge in [-0.3, -0.25) is 0 Å². The number of benzene rings is 1. The molecule has 0 fully saturated rings. The van der Waals surface area contributed by atoms with E-state index < -0.39 is 0 Å². The molecule has 1 aliphatic rings. The van der Waals surface area contributed by atoms with Crippen LogP contribution in [0, 0.1) is 0 Å². The molecule has 0 aliphatic carbocycles. The molecule has 2 rings (SSSR count). The first kappa shape index (κ1) is 8.78. The molecule has 0 saturated carbocycles. The number of hydrogen-bond acceptors (Lipinski definition) is 4. The van der Waals surface area contributed by atoms with Gasteiger partial charge in [0.25, 0.3) is 0 Å². The van der Waals surface area contributed by atoms with Crippen molar-refractivity contribution >= 4 is 6.08 Å². The zero-order valence-electron chi connectivity index (χ0n) is 7.43. The number of fused-ring (bicyclic) bond motifs is 1. The highest BCUT2D eigenvalue weighted by Crippen LogP contribution is 2.36. The third-order valence-corrected chi connectivity index (χ3v) is 2.21. The summed E-state index contributed by atoms with van der Waals surface area (Å²) in [7, 11) is 0. The molecule has 72 valence electrons. The normalized spacial score (nSPS) is 19.0. The third kappa shape index (κ3) is 1.47. The van der Waals surface area contributed by atoms with Crippen LogP contribution in [0.5, 0.6) is 11.5 Å². The number of ether oxygens (including phenoxy) is 1. The third-order valence-electron chi connectivity index (χ3n) is 2.21. The number of aromatic hydroxyl groups is 1. The molecule has 0 aromatic heterocycles. The lowest BCUT2D eigenvalue weighted by Gasteiger charge is -2.21. The first-order valence-corrected chi connectivity index (χ1v) is 4.34. The molecule has 4 nitrogen and oxygen atoms in total. The summed E-state index contributed by atoms with van der Waals surface area (Å²) in [4.78, 5) is 13.8. The molecule has 1 N–H and O–H groups in total. The summed E-state index contributed by atoms with van der Waals surface area (Å²) in [6.07, 6.45) is 2.18. The summed E-state index contributed by atoms with van der Waals surface area (Å²) in [5.41, 5.74) is 0.750. The Morgan fingerprint density at radius 3 is 3.21 bits per heavy atom. The van der Waals surface area contributed by atoms with Crippen molar-refractivity contribution < 1.29 is 14.6 Å². The Hall–Kier alpha value is -1.80. The summed E-state index contributed by atoms with van der Waals surface area (Å²) < 4.78 is 5.35. The number of rotatable bonds is 1. The lowest BCUT2D eigenvalue weighted by atomic mass is 10.0. The predicted octanol–water partition coefficient (Wildman–Crippen LogP) is 1.55. The van der Waals surface area contributed by atoms with Gasteiger partial charge in [0.1, 0.15) is 11.5 Å². The van der Waals surface area contributed by atoms with Gasteiger partial charge in [0, 0.05) is 12.0 Å². The minimum atomic E-state index is -0.233. The molecule has 0 bridgehead atoms. The molecule has 0 amide bonds. The number of isocyanates is 1. The number of hydrogen-bond donors (Lipinski definition) is 1. The highest BCUT2D eigenvalue weighted by Gasteiger charge is 2.21. The van der Waals surface area contributed by atoms with Gasteiger partial charge in [0.15, 0.2) is 0 Å². The minimum Gasteiger partial charge on any atom is -0.508 e. The van der Waals surface area contributed by atoms with Crippen LogP contribution >= 0.6 is 0 Å². The Morgan fingerprint density at radius 2 is 2.43 bits per heavy atom. The standard InChI is InChI=1S/C10H9NO3/c12-6-11-9-3-4-14-10-2-1-7(13)5-8(9)10/h1-2,5,9,13H,3-4H2. The lowest BCUT2D eigenvalue weighted by Crippen LogP contribution is -2.12. The molecule has 14 heavy (non-hydrogen) atoms. The van der Waals surface area contributed by atoms with Crippen LogP contribution in [0.1, 0.15) is 18.0 Å². The maximum absolute atomic E-state index is 10.2. The van der Waals surface area contributed by atoms with Crippen LogP contribution in [0.25, 0.3) is 0 Å². The Kier molecular flexibility index (Phi) is 2.21. The zero-order valence-corrected chi connectivity index (χ0v) is 7.43. The number of nitrogens with zero attached hydrogens (tertiary/aromatic N) is 1. The Bertz CT molecular complexity index is 396. The van der Waals surface area contributed by atoms with E-state index in [4.69, 9.17) is 4.74 Å². The van der Waals surface area contributed by atoms with Crippen LogP contribution < -0.4 is 4.74 Å². The first-order valence-electron chi connectivity index (χ1n) is 4.34. The van der Waals surface area contributed by atoms with E-state index in [-0.39, 0.29) is 11.8 Å². The van der Waals surface area contributed by atoms with Gasteiger partial charge in [0.05, 0.1) is 12.6 Å². The maximum Gasteiger partial charge on any atom is 0.235 e. The minimum absolute atomic E-state index is 0.153. The van der Waals surface area contributed by atoms with Crippen molar-refractivity contribution in [3.8, 4) is 11.5 Å². The van der Waals surface area contributed by atoms with Gasteiger partial charge in [-0.25, -0.2) is 4.79 Å². The fraction of sp³-hybridized carbons (Fsp3) is 0.300. The van der Waals surface area contributed by atoms with E-state index in [9.17, 15) is 9.90 Å². The molecule has 0 spiro atoms. The molecule has 4 heteroatoms. The van der Waals surface area contributed by atoms with Crippen molar-refractivity contribution in [3.63, 3.8) is 0 Å². The Morgan fingerprint density at radius 1 is 1.57 bits per heavy atom. The summed E-state index contributed by atoms with van der Waals surface area (Å²) in [6.45, 7) is 0.535. The fourth-order valence-corrected chi connectivity index (χ4v) is 1.56. The molecule has 1 aromatic carbocycles. The largest absolute Gasteiger partial charge is 0.508 e. The topological polar surface area (TPSA) is 58.9 Å². The van der Waals surface area contributed by atoms with Crippen molar-refractivity contribution in [3.05, 3.63) is 23.8 Å². The molecule has 1 atom stereocenters. The molecule has 1 aliphatic heterocycles. The van der Waals surface area contributed by atoms with Crippen LogP contribution in [-0.4, -0.2) is 17.8 Å². The van der Waals surface area contributed by atoms with Gasteiger partial charge in [-0.05, 0) is 18.2 Å². The second kappa shape index (κ2) is 3.52. The number of carbonyl (C=O) groups excluding carboxylic acids is 1.